The average Bonchev–Trinajstić information content (AvgIpc) is 2.66. The van der Waals surface area contributed by atoms with Crippen LogP contribution in [-0.4, -0.2) is 26.3 Å². The van der Waals surface area contributed by atoms with Crippen molar-refractivity contribution in [3.05, 3.63) is 24.3 Å². The zero-order valence-corrected chi connectivity index (χ0v) is 9.59. The minimum atomic E-state index is 0.407. The van der Waals surface area contributed by atoms with Crippen LogP contribution in [0.25, 0.3) is 0 Å². The second kappa shape index (κ2) is 4.50. The van der Waals surface area contributed by atoms with Gasteiger partial charge in [0.15, 0.2) is 0 Å². The summed E-state index contributed by atoms with van der Waals surface area (Å²) in [4.78, 5) is 0. The topological polar surface area (TPSA) is 21.3 Å². The Labute approximate surface area is 92.4 Å². The highest BCUT2D eigenvalue weighted by Gasteiger charge is 2.40. The summed E-state index contributed by atoms with van der Waals surface area (Å²) in [5.74, 6) is 0. The molecule has 84 valence electrons. The van der Waals surface area contributed by atoms with E-state index in [1.807, 2.05) is 13.2 Å². The van der Waals surface area contributed by atoms with Crippen LogP contribution in [-0.2, 0) is 4.74 Å². The van der Waals surface area contributed by atoms with Crippen LogP contribution >= 0.6 is 0 Å². The fourth-order valence-electron chi connectivity index (χ4n) is 3.05. The van der Waals surface area contributed by atoms with Crippen molar-refractivity contribution >= 4 is 0 Å². The van der Waals surface area contributed by atoms with Gasteiger partial charge in [0.25, 0.3) is 0 Å². The smallest absolute Gasteiger partial charge is 0.0614 e. The molecule has 0 bridgehead atoms. The Hall–Kier alpha value is -0.600. The molecule has 0 radical (unpaired) electrons. The van der Waals surface area contributed by atoms with E-state index in [1.165, 1.54) is 24.8 Å². The van der Waals surface area contributed by atoms with Gasteiger partial charge in [0, 0.05) is 13.7 Å². The molecule has 0 aromatic carbocycles. The third-order valence-electron chi connectivity index (χ3n) is 3.77. The monoisotopic (exact) mass is 207 g/mol. The van der Waals surface area contributed by atoms with E-state index in [-0.39, 0.29) is 0 Å². The lowest BCUT2D eigenvalue weighted by Gasteiger charge is -2.38. The van der Waals surface area contributed by atoms with Crippen LogP contribution in [0.1, 0.15) is 25.7 Å². The highest BCUT2D eigenvalue weighted by atomic mass is 16.5. The zero-order chi connectivity index (χ0) is 10.7. The molecule has 1 unspecified atom stereocenters. The van der Waals surface area contributed by atoms with E-state index in [9.17, 15) is 0 Å². The predicted octanol–water partition coefficient (Wildman–Crippen LogP) is 2.28. The molecule has 0 aromatic rings. The van der Waals surface area contributed by atoms with Crippen LogP contribution < -0.4 is 5.32 Å². The Bertz CT molecular complexity index is 264. The fraction of sp³-hybridized carbons (Fsp3) is 0.692. The summed E-state index contributed by atoms with van der Waals surface area (Å²) >= 11 is 0. The lowest BCUT2D eigenvalue weighted by Crippen LogP contribution is -2.35. The molecule has 2 atom stereocenters. The first-order valence-electron chi connectivity index (χ1n) is 5.82. The molecule has 1 aliphatic heterocycles. The van der Waals surface area contributed by atoms with Gasteiger partial charge in [0.1, 0.15) is 0 Å². The lowest BCUT2D eigenvalue weighted by atomic mass is 9.70. The second-order valence-electron chi connectivity index (χ2n) is 4.93. The van der Waals surface area contributed by atoms with Gasteiger partial charge in [-0.05, 0) is 37.6 Å². The Morgan fingerprint density at radius 2 is 2.47 bits per heavy atom. The van der Waals surface area contributed by atoms with Gasteiger partial charge in [0.05, 0.1) is 6.10 Å². The Morgan fingerprint density at radius 3 is 3.07 bits per heavy atom. The van der Waals surface area contributed by atoms with Crippen molar-refractivity contribution in [3.8, 4) is 0 Å². The molecule has 0 aromatic heterocycles. The lowest BCUT2D eigenvalue weighted by molar-refractivity contribution is 0.0388. The summed E-state index contributed by atoms with van der Waals surface area (Å²) < 4.78 is 5.55. The summed E-state index contributed by atoms with van der Waals surface area (Å²) in [6.45, 7) is 6.11. The molecule has 1 aliphatic carbocycles. The van der Waals surface area contributed by atoms with Crippen molar-refractivity contribution in [1.82, 2.24) is 5.32 Å². The van der Waals surface area contributed by atoms with Gasteiger partial charge in [-0.1, -0.05) is 24.3 Å². The minimum Gasteiger partial charge on any atom is -0.381 e. The maximum Gasteiger partial charge on any atom is 0.0614 e. The van der Waals surface area contributed by atoms with Gasteiger partial charge < -0.3 is 10.1 Å². The summed E-state index contributed by atoms with van der Waals surface area (Å²) in [7, 11) is 1.83. The summed E-state index contributed by atoms with van der Waals surface area (Å²) in [6.07, 6.45) is 9.31. The van der Waals surface area contributed by atoms with Crippen molar-refractivity contribution in [1.29, 1.82) is 0 Å². The number of hydrogen-bond donors (Lipinski definition) is 1. The van der Waals surface area contributed by atoms with Crippen molar-refractivity contribution in [3.63, 3.8) is 0 Å². The quantitative estimate of drug-likeness (QED) is 0.750. The number of rotatable bonds is 2. The van der Waals surface area contributed by atoms with Gasteiger partial charge in [-0.3, -0.25) is 0 Å². The van der Waals surface area contributed by atoms with E-state index in [1.54, 1.807) is 0 Å². The highest BCUT2D eigenvalue weighted by molar-refractivity contribution is 5.18. The summed E-state index contributed by atoms with van der Waals surface area (Å²) in [5.41, 5.74) is 1.97. The first-order chi connectivity index (χ1) is 7.28. The van der Waals surface area contributed by atoms with Crippen molar-refractivity contribution in [2.24, 2.45) is 5.41 Å². The largest absolute Gasteiger partial charge is 0.381 e. The number of allylic oxidation sites excluding steroid dienone is 2. The highest BCUT2D eigenvalue weighted by Crippen LogP contribution is 2.44. The van der Waals surface area contributed by atoms with E-state index in [0.29, 0.717) is 11.5 Å². The van der Waals surface area contributed by atoms with E-state index in [2.05, 4.69) is 18.0 Å². The van der Waals surface area contributed by atoms with Crippen LogP contribution in [0.4, 0.5) is 0 Å². The third kappa shape index (κ3) is 2.32. The van der Waals surface area contributed by atoms with Crippen LogP contribution in [0.15, 0.2) is 24.3 Å². The molecular formula is C13H21NO. The maximum atomic E-state index is 5.55. The summed E-state index contributed by atoms with van der Waals surface area (Å²) in [6, 6.07) is 0. The van der Waals surface area contributed by atoms with Crippen LogP contribution in [0.3, 0.4) is 0 Å². The van der Waals surface area contributed by atoms with E-state index in [4.69, 9.17) is 4.74 Å². The van der Waals surface area contributed by atoms with Gasteiger partial charge in [-0.2, -0.15) is 0 Å². The minimum absolute atomic E-state index is 0.407. The molecular weight excluding hydrogens is 186 g/mol. The molecule has 1 saturated heterocycles. The molecule has 1 N–H and O–H groups in total. The van der Waals surface area contributed by atoms with Crippen molar-refractivity contribution in [2.75, 3.05) is 20.2 Å². The van der Waals surface area contributed by atoms with Crippen LogP contribution in [0.5, 0.6) is 0 Å². The molecule has 2 rings (SSSR count). The van der Waals surface area contributed by atoms with Crippen molar-refractivity contribution < 1.29 is 4.74 Å². The Balaban J connectivity index is 2.13. The molecule has 1 heterocycles. The SMILES string of the molecule is C=C/C=C1\CC(OC)C[C@]2(CCNC2)C1. The Kier molecular flexibility index (Phi) is 3.27. The zero-order valence-electron chi connectivity index (χ0n) is 9.59. The number of hydrogen-bond acceptors (Lipinski definition) is 2. The van der Waals surface area contributed by atoms with Gasteiger partial charge in [0.2, 0.25) is 0 Å². The van der Waals surface area contributed by atoms with Gasteiger partial charge in [-0.15, -0.1) is 0 Å². The standard InChI is InChI=1S/C13H21NO/c1-3-4-11-7-12(15-2)9-13(8-11)5-6-14-10-13/h3-4,12,14H,1,5-10H2,2H3/b11-4+/t12?,13-/m0/s1. The maximum absolute atomic E-state index is 5.55. The first kappa shape index (κ1) is 10.9. The normalized spacial score (nSPS) is 38.7. The molecule has 2 heteroatoms. The predicted molar refractivity (Wildman–Crippen MR) is 62.8 cm³/mol. The van der Waals surface area contributed by atoms with E-state index >= 15 is 0 Å². The number of ether oxygens (including phenoxy) is 1. The number of methoxy groups -OCH3 is 1. The average molecular weight is 207 g/mol. The Morgan fingerprint density at radius 1 is 1.60 bits per heavy atom. The van der Waals surface area contributed by atoms with Gasteiger partial charge in [-0.25, -0.2) is 0 Å². The number of nitrogens with one attached hydrogen (secondary N) is 1. The molecule has 0 amide bonds. The molecule has 2 aliphatic rings. The molecule has 1 saturated carbocycles. The van der Waals surface area contributed by atoms with E-state index < -0.39 is 0 Å². The van der Waals surface area contributed by atoms with E-state index in [0.717, 1.165) is 19.5 Å². The third-order valence-corrected chi connectivity index (χ3v) is 3.77. The van der Waals surface area contributed by atoms with Crippen LogP contribution in [0.2, 0.25) is 0 Å². The molecule has 15 heavy (non-hydrogen) atoms. The van der Waals surface area contributed by atoms with Crippen molar-refractivity contribution in [2.45, 2.75) is 31.8 Å². The second-order valence-corrected chi connectivity index (χ2v) is 4.93. The summed E-state index contributed by atoms with van der Waals surface area (Å²) in [5, 5.41) is 3.48. The first-order valence-corrected chi connectivity index (χ1v) is 5.82. The molecule has 2 fully saturated rings. The van der Waals surface area contributed by atoms with Gasteiger partial charge >= 0.3 is 0 Å². The fourth-order valence-corrected chi connectivity index (χ4v) is 3.05. The molecule has 2 nitrogen and oxygen atoms in total. The van der Waals surface area contributed by atoms with Crippen LogP contribution in [0, 0.1) is 5.41 Å². The molecule has 1 spiro atoms.